The number of aromatic nitrogens is 1. The fourth-order valence-corrected chi connectivity index (χ4v) is 8.14. The van der Waals surface area contributed by atoms with E-state index in [0.29, 0.717) is 12.1 Å². The van der Waals surface area contributed by atoms with Crippen molar-refractivity contribution < 1.29 is 31.5 Å². The van der Waals surface area contributed by atoms with Crippen LogP contribution in [-0.4, -0.2) is 75.2 Å². The zero-order valence-electron chi connectivity index (χ0n) is 19.9. The number of anilines is 2. The van der Waals surface area contributed by atoms with Gasteiger partial charge < -0.3 is 5.11 Å². The first-order valence-corrected chi connectivity index (χ1v) is 15.6. The second-order valence-electron chi connectivity index (χ2n) is 8.99. The van der Waals surface area contributed by atoms with Crippen LogP contribution in [0.3, 0.4) is 0 Å². The highest BCUT2D eigenvalue weighted by atomic mass is 32.2. The molecule has 2 aliphatic rings. The number of carboxylic acid groups (broad SMARTS) is 1. The number of carbonyl (C=O) groups is 2. The van der Waals surface area contributed by atoms with Gasteiger partial charge in [0.2, 0.25) is 0 Å². The van der Waals surface area contributed by atoms with Gasteiger partial charge in [0.1, 0.15) is 6.04 Å². The molecular formula is C22H28N4O7S3. The number of amides is 2. The Morgan fingerprint density at radius 3 is 2.28 bits per heavy atom. The van der Waals surface area contributed by atoms with Gasteiger partial charge >= 0.3 is 12.0 Å². The van der Waals surface area contributed by atoms with E-state index in [1.165, 1.54) is 24.1 Å². The molecule has 1 aromatic heterocycles. The van der Waals surface area contributed by atoms with Crippen molar-refractivity contribution in [1.29, 1.82) is 0 Å². The number of nitrogens with zero attached hydrogens (tertiary/aromatic N) is 4. The van der Waals surface area contributed by atoms with Gasteiger partial charge in [0.15, 0.2) is 19.2 Å². The normalized spacial score (nSPS) is 19.4. The first-order chi connectivity index (χ1) is 16.9. The van der Waals surface area contributed by atoms with Crippen LogP contribution >= 0.6 is 11.3 Å². The Morgan fingerprint density at radius 1 is 1.06 bits per heavy atom. The average Bonchev–Trinajstić information content (AvgIpc) is 3.60. The molecule has 1 atom stereocenters. The predicted molar refractivity (Wildman–Crippen MR) is 135 cm³/mol. The van der Waals surface area contributed by atoms with Crippen LogP contribution in [0.2, 0.25) is 0 Å². The molecule has 1 aliphatic heterocycles. The predicted octanol–water partition coefficient (Wildman–Crippen LogP) is 2.79. The lowest BCUT2D eigenvalue weighted by Gasteiger charge is -2.32. The van der Waals surface area contributed by atoms with E-state index in [9.17, 15) is 31.5 Å². The van der Waals surface area contributed by atoms with Crippen LogP contribution in [0.1, 0.15) is 38.5 Å². The maximum Gasteiger partial charge on any atom is 0.330 e. The van der Waals surface area contributed by atoms with Gasteiger partial charge in [0.05, 0.1) is 11.1 Å². The summed E-state index contributed by atoms with van der Waals surface area (Å²) in [4.78, 5) is 32.3. The maximum absolute atomic E-state index is 13.6. The van der Waals surface area contributed by atoms with Gasteiger partial charge in [-0.05, 0) is 49.9 Å². The highest BCUT2D eigenvalue weighted by Crippen LogP contribution is 2.34. The molecule has 14 heteroatoms. The third kappa shape index (κ3) is 5.12. The summed E-state index contributed by atoms with van der Waals surface area (Å²) in [5.41, 5.74) is 0.539. The van der Waals surface area contributed by atoms with Crippen molar-refractivity contribution in [2.24, 2.45) is 0 Å². The zero-order chi connectivity index (χ0) is 26.3. The minimum absolute atomic E-state index is 0.0897. The van der Waals surface area contributed by atoms with Crippen molar-refractivity contribution in [3.8, 4) is 0 Å². The second-order valence-corrected chi connectivity index (χ2v) is 14.1. The van der Waals surface area contributed by atoms with Gasteiger partial charge in [-0.1, -0.05) is 24.2 Å². The van der Waals surface area contributed by atoms with E-state index in [1.807, 2.05) is 0 Å². The molecule has 11 nitrogen and oxygen atoms in total. The molecule has 1 saturated heterocycles. The quantitative estimate of drug-likeness (QED) is 0.548. The van der Waals surface area contributed by atoms with Crippen LogP contribution < -0.4 is 9.80 Å². The summed E-state index contributed by atoms with van der Waals surface area (Å²) in [6.07, 6.45) is 6.45. The first-order valence-electron chi connectivity index (χ1n) is 11.5. The number of aliphatic carboxylic acids is 1. The lowest BCUT2D eigenvalue weighted by Crippen LogP contribution is -2.46. The molecule has 36 heavy (non-hydrogen) atoms. The van der Waals surface area contributed by atoms with E-state index >= 15 is 0 Å². The highest BCUT2D eigenvalue weighted by molar-refractivity contribution is 7.91. The molecule has 2 aromatic rings. The molecule has 1 N–H and O–H groups in total. The first kappa shape index (κ1) is 26.5. The lowest BCUT2D eigenvalue weighted by atomic mass is 10.2. The van der Waals surface area contributed by atoms with Gasteiger partial charge in [-0.25, -0.2) is 26.6 Å². The van der Waals surface area contributed by atoms with Crippen LogP contribution in [0.4, 0.5) is 15.6 Å². The van der Waals surface area contributed by atoms with Gasteiger partial charge in [-0.3, -0.25) is 14.6 Å². The lowest BCUT2D eigenvalue weighted by molar-refractivity contribution is -0.140. The number of sulfonamides is 1. The molecule has 0 bridgehead atoms. The van der Waals surface area contributed by atoms with E-state index in [2.05, 4.69) is 4.98 Å². The number of thiazole rings is 1. The summed E-state index contributed by atoms with van der Waals surface area (Å²) in [6.45, 7) is 0.111. The molecule has 2 heterocycles. The Bertz CT molecular complexity index is 1350. The van der Waals surface area contributed by atoms with Gasteiger partial charge in [-0.2, -0.15) is 4.31 Å². The van der Waals surface area contributed by atoms with Crippen LogP contribution in [0, 0.1) is 0 Å². The summed E-state index contributed by atoms with van der Waals surface area (Å²) < 4.78 is 50.8. The number of sulfone groups is 1. The monoisotopic (exact) mass is 556 g/mol. The molecule has 196 valence electrons. The van der Waals surface area contributed by atoms with Crippen molar-refractivity contribution in [3.05, 3.63) is 30.5 Å². The Labute approximate surface area is 214 Å². The Hall–Kier alpha value is -2.55. The SMILES string of the molecule is CN(C(=O)N(c1ccc(S(C)(=O)=O)cc1)C1CCCC1)c1ncc(S(=O)(=O)N2CCCC2C(=O)O)s1. The topological polar surface area (TPSA) is 145 Å². The Morgan fingerprint density at radius 2 is 1.69 bits per heavy atom. The standard InChI is InChI=1S/C22H28N4O7S3/c1-24(21-23-14-19(34-21)36(32,33)25-13-5-8-18(25)20(27)28)22(29)26(15-6-3-4-7-15)16-9-11-17(12-10-16)35(2,30)31/h9-12,14-15,18H,3-8,13H2,1-2H3,(H,27,28). The van der Waals surface area contributed by atoms with Crippen LogP contribution in [0.5, 0.6) is 0 Å². The summed E-state index contributed by atoms with van der Waals surface area (Å²) >= 11 is 0.803. The van der Waals surface area contributed by atoms with Gasteiger partial charge in [-0.15, -0.1) is 0 Å². The van der Waals surface area contributed by atoms with E-state index in [-0.39, 0.29) is 33.2 Å². The Balaban J connectivity index is 1.61. The number of carboxylic acids is 1. The molecular weight excluding hydrogens is 528 g/mol. The number of carbonyl (C=O) groups excluding carboxylic acids is 1. The summed E-state index contributed by atoms with van der Waals surface area (Å²) in [5, 5.41) is 9.54. The minimum Gasteiger partial charge on any atom is -0.480 e. The van der Waals surface area contributed by atoms with Gasteiger partial charge in [0.25, 0.3) is 10.0 Å². The fourth-order valence-electron chi connectivity index (χ4n) is 4.65. The third-order valence-electron chi connectivity index (χ3n) is 6.54. The summed E-state index contributed by atoms with van der Waals surface area (Å²) in [5.74, 6) is -1.19. The second kappa shape index (κ2) is 10.1. The average molecular weight is 557 g/mol. The molecule has 1 unspecified atom stereocenters. The molecule has 0 spiro atoms. The van der Waals surface area contributed by atoms with Crippen LogP contribution in [0.25, 0.3) is 0 Å². The Kier molecular flexibility index (Phi) is 7.42. The van der Waals surface area contributed by atoms with Gasteiger partial charge in [0, 0.05) is 31.6 Å². The third-order valence-corrected chi connectivity index (χ3v) is 11.1. The molecule has 1 saturated carbocycles. The van der Waals surface area contributed by atoms with Crippen LogP contribution in [0.15, 0.2) is 39.6 Å². The van der Waals surface area contributed by atoms with Crippen molar-refractivity contribution >= 4 is 54.0 Å². The number of rotatable bonds is 7. The number of hydrogen-bond acceptors (Lipinski definition) is 8. The van der Waals surface area contributed by atoms with E-state index in [1.54, 1.807) is 17.0 Å². The molecule has 1 aliphatic carbocycles. The van der Waals surface area contributed by atoms with Crippen molar-refractivity contribution in [2.45, 2.75) is 59.7 Å². The van der Waals surface area contributed by atoms with Crippen LogP contribution in [-0.2, 0) is 24.7 Å². The van der Waals surface area contributed by atoms with E-state index in [4.69, 9.17) is 0 Å². The number of benzene rings is 1. The fraction of sp³-hybridized carbons (Fsp3) is 0.500. The van der Waals surface area contributed by atoms with Crippen molar-refractivity contribution in [2.75, 3.05) is 29.6 Å². The molecule has 0 radical (unpaired) electrons. The summed E-state index contributed by atoms with van der Waals surface area (Å²) in [6, 6.07) is 4.48. The molecule has 1 aromatic carbocycles. The van der Waals surface area contributed by atoms with E-state index < -0.39 is 37.9 Å². The largest absolute Gasteiger partial charge is 0.480 e. The number of hydrogen-bond donors (Lipinski definition) is 1. The maximum atomic E-state index is 13.6. The smallest absolute Gasteiger partial charge is 0.330 e. The molecule has 4 rings (SSSR count). The number of urea groups is 1. The van der Waals surface area contributed by atoms with Crippen molar-refractivity contribution in [1.82, 2.24) is 9.29 Å². The highest BCUT2D eigenvalue weighted by Gasteiger charge is 2.41. The van der Waals surface area contributed by atoms with Crippen molar-refractivity contribution in [3.63, 3.8) is 0 Å². The molecule has 2 fully saturated rings. The van der Waals surface area contributed by atoms with E-state index in [0.717, 1.165) is 53.8 Å². The summed E-state index contributed by atoms with van der Waals surface area (Å²) in [7, 11) is -5.97. The molecule has 2 amide bonds. The zero-order valence-corrected chi connectivity index (χ0v) is 22.4. The minimum atomic E-state index is -4.08.